The number of carbonyl (C=O) groups is 1. The van der Waals surface area contributed by atoms with Gasteiger partial charge in [-0.3, -0.25) is 4.79 Å². The molecule has 1 amide bonds. The first-order chi connectivity index (χ1) is 14.2. The van der Waals surface area contributed by atoms with Gasteiger partial charge < -0.3 is 14.6 Å². The lowest BCUT2D eigenvalue weighted by Gasteiger charge is -2.33. The molecule has 0 radical (unpaired) electrons. The Labute approximate surface area is 167 Å². The number of aromatic nitrogens is 1. The Morgan fingerprint density at radius 2 is 2.03 bits per heavy atom. The van der Waals surface area contributed by atoms with Crippen molar-refractivity contribution in [2.24, 2.45) is 5.92 Å². The molecule has 0 spiro atoms. The van der Waals surface area contributed by atoms with E-state index in [0.717, 1.165) is 25.9 Å². The summed E-state index contributed by atoms with van der Waals surface area (Å²) in [6, 6.07) is 14.4. The molecule has 0 unspecified atom stereocenters. The number of fused-ring (bicyclic) bond motifs is 1. The van der Waals surface area contributed by atoms with E-state index in [1.165, 1.54) is 0 Å². The molecule has 3 aromatic rings. The highest BCUT2D eigenvalue weighted by Crippen LogP contribution is 2.24. The highest BCUT2D eigenvalue weighted by Gasteiger charge is 2.23. The third kappa shape index (κ3) is 3.97. The van der Waals surface area contributed by atoms with Crippen LogP contribution in [0.5, 0.6) is 0 Å². The van der Waals surface area contributed by atoms with Crippen molar-refractivity contribution in [2.75, 3.05) is 24.5 Å². The number of rotatable bonds is 4. The Morgan fingerprint density at radius 1 is 1.24 bits per heavy atom. The van der Waals surface area contributed by atoms with Gasteiger partial charge in [0, 0.05) is 31.2 Å². The Hall–Kier alpha value is -3.66. The average Bonchev–Trinajstić information content (AvgIpc) is 2.77. The maximum Gasteiger partial charge on any atom is 0.349 e. The summed E-state index contributed by atoms with van der Waals surface area (Å²) in [5.41, 5.74) is 0.429. The van der Waals surface area contributed by atoms with Crippen LogP contribution in [0.25, 0.3) is 11.0 Å². The number of hydrogen-bond donors (Lipinski definition) is 1. The molecular formula is C22H20N4O3. The number of carbonyl (C=O) groups excluding carboxylic acids is 1. The number of benzene rings is 1. The van der Waals surface area contributed by atoms with Gasteiger partial charge in [0.1, 0.15) is 23.0 Å². The largest absolute Gasteiger partial charge is 0.422 e. The highest BCUT2D eigenvalue weighted by atomic mass is 16.4. The van der Waals surface area contributed by atoms with E-state index in [2.05, 4.69) is 21.3 Å². The van der Waals surface area contributed by atoms with Crippen LogP contribution in [0.1, 0.15) is 28.8 Å². The second-order valence-corrected chi connectivity index (χ2v) is 7.11. The summed E-state index contributed by atoms with van der Waals surface area (Å²) in [7, 11) is 0. The molecule has 1 N–H and O–H groups in total. The number of para-hydroxylation sites is 1. The SMILES string of the molecule is N#Cc1cccnc1N1CCC(CNC(=O)c2cc3ccccc3oc2=O)CC1. The Morgan fingerprint density at radius 3 is 2.83 bits per heavy atom. The van der Waals surface area contributed by atoms with E-state index >= 15 is 0 Å². The minimum atomic E-state index is -0.629. The van der Waals surface area contributed by atoms with Crippen LogP contribution in [-0.2, 0) is 0 Å². The summed E-state index contributed by atoms with van der Waals surface area (Å²) in [5.74, 6) is 0.603. The molecule has 1 aliphatic rings. The van der Waals surface area contributed by atoms with Gasteiger partial charge >= 0.3 is 5.63 Å². The summed E-state index contributed by atoms with van der Waals surface area (Å²) < 4.78 is 5.23. The van der Waals surface area contributed by atoms with Crippen molar-refractivity contribution >= 4 is 22.7 Å². The molecule has 146 valence electrons. The Balaban J connectivity index is 1.36. The molecule has 0 aliphatic carbocycles. The topological polar surface area (TPSA) is 99.2 Å². The average molecular weight is 388 g/mol. The van der Waals surface area contributed by atoms with Crippen LogP contribution in [0.15, 0.2) is 57.9 Å². The first-order valence-electron chi connectivity index (χ1n) is 9.57. The fraction of sp³-hybridized carbons (Fsp3) is 0.273. The minimum absolute atomic E-state index is 0.0216. The predicted molar refractivity (Wildman–Crippen MR) is 109 cm³/mol. The first-order valence-corrected chi connectivity index (χ1v) is 9.57. The van der Waals surface area contributed by atoms with Gasteiger partial charge in [-0.15, -0.1) is 0 Å². The van der Waals surface area contributed by atoms with Gasteiger partial charge in [0.05, 0.1) is 5.56 Å². The summed E-state index contributed by atoms with van der Waals surface area (Å²) in [6.07, 6.45) is 3.43. The van der Waals surface area contributed by atoms with Crippen LogP contribution >= 0.6 is 0 Å². The van der Waals surface area contributed by atoms with Crippen LogP contribution in [0, 0.1) is 17.2 Å². The summed E-state index contributed by atoms with van der Waals surface area (Å²) in [5, 5.41) is 12.8. The number of piperidine rings is 1. The molecule has 2 aromatic heterocycles. The number of nitrogens with zero attached hydrogens (tertiary/aromatic N) is 3. The van der Waals surface area contributed by atoms with E-state index < -0.39 is 11.5 Å². The van der Waals surface area contributed by atoms with Crippen molar-refractivity contribution < 1.29 is 9.21 Å². The molecule has 0 saturated carbocycles. The van der Waals surface area contributed by atoms with Gasteiger partial charge in [0.25, 0.3) is 5.91 Å². The number of amides is 1. The van der Waals surface area contributed by atoms with E-state index in [1.807, 2.05) is 6.07 Å². The summed E-state index contributed by atoms with van der Waals surface area (Å²) in [4.78, 5) is 31.1. The maximum atomic E-state index is 12.5. The van der Waals surface area contributed by atoms with E-state index in [-0.39, 0.29) is 5.56 Å². The third-order valence-corrected chi connectivity index (χ3v) is 5.26. The van der Waals surface area contributed by atoms with Crippen molar-refractivity contribution in [2.45, 2.75) is 12.8 Å². The number of pyridine rings is 1. The first kappa shape index (κ1) is 18.7. The lowest BCUT2D eigenvalue weighted by molar-refractivity contribution is 0.0941. The molecule has 1 aromatic carbocycles. The molecule has 7 heteroatoms. The zero-order chi connectivity index (χ0) is 20.2. The van der Waals surface area contributed by atoms with Gasteiger partial charge in [0.2, 0.25) is 0 Å². The smallest absolute Gasteiger partial charge is 0.349 e. The van der Waals surface area contributed by atoms with Crippen molar-refractivity contribution in [3.8, 4) is 6.07 Å². The van der Waals surface area contributed by atoms with Crippen LogP contribution < -0.4 is 15.8 Å². The van der Waals surface area contributed by atoms with Crippen molar-refractivity contribution in [3.63, 3.8) is 0 Å². The fourth-order valence-electron chi connectivity index (χ4n) is 3.64. The minimum Gasteiger partial charge on any atom is -0.422 e. The molecule has 0 bridgehead atoms. The fourth-order valence-corrected chi connectivity index (χ4v) is 3.64. The molecule has 29 heavy (non-hydrogen) atoms. The predicted octanol–water partition coefficient (Wildman–Crippen LogP) is 2.71. The van der Waals surface area contributed by atoms with Crippen LogP contribution in [0.3, 0.4) is 0 Å². The van der Waals surface area contributed by atoms with E-state index in [1.54, 1.807) is 42.6 Å². The maximum absolute atomic E-state index is 12.5. The van der Waals surface area contributed by atoms with Crippen LogP contribution in [0.2, 0.25) is 0 Å². The van der Waals surface area contributed by atoms with Crippen LogP contribution in [-0.4, -0.2) is 30.5 Å². The summed E-state index contributed by atoms with van der Waals surface area (Å²) >= 11 is 0. The molecule has 4 rings (SSSR count). The van der Waals surface area contributed by atoms with E-state index in [0.29, 0.717) is 34.8 Å². The molecule has 0 atom stereocenters. The van der Waals surface area contributed by atoms with Gasteiger partial charge in [-0.05, 0) is 43.0 Å². The Bertz CT molecular complexity index is 1140. The van der Waals surface area contributed by atoms with Crippen molar-refractivity contribution in [1.82, 2.24) is 10.3 Å². The zero-order valence-corrected chi connectivity index (χ0v) is 15.8. The van der Waals surface area contributed by atoms with Gasteiger partial charge in [-0.1, -0.05) is 18.2 Å². The van der Waals surface area contributed by atoms with Gasteiger partial charge in [0.15, 0.2) is 0 Å². The molecule has 1 aliphatic heterocycles. The van der Waals surface area contributed by atoms with Crippen molar-refractivity contribution in [3.05, 3.63) is 70.2 Å². The quantitative estimate of drug-likeness (QED) is 0.690. The number of nitriles is 1. The number of nitrogens with one attached hydrogen (secondary N) is 1. The lowest BCUT2D eigenvalue weighted by Crippen LogP contribution is -2.40. The monoisotopic (exact) mass is 388 g/mol. The van der Waals surface area contributed by atoms with Gasteiger partial charge in [-0.25, -0.2) is 9.78 Å². The molecule has 1 saturated heterocycles. The summed E-state index contributed by atoms with van der Waals surface area (Å²) in [6.45, 7) is 2.03. The van der Waals surface area contributed by atoms with Crippen LogP contribution in [0.4, 0.5) is 5.82 Å². The number of anilines is 1. The lowest BCUT2D eigenvalue weighted by atomic mass is 9.96. The molecule has 7 nitrogen and oxygen atoms in total. The zero-order valence-electron chi connectivity index (χ0n) is 15.8. The number of hydrogen-bond acceptors (Lipinski definition) is 6. The normalized spacial score (nSPS) is 14.5. The second kappa shape index (κ2) is 8.15. The van der Waals surface area contributed by atoms with Crippen molar-refractivity contribution in [1.29, 1.82) is 5.26 Å². The molecule has 3 heterocycles. The highest BCUT2D eigenvalue weighted by molar-refractivity contribution is 5.96. The van der Waals surface area contributed by atoms with E-state index in [4.69, 9.17) is 4.42 Å². The standard InChI is InChI=1S/C22H20N4O3/c23-13-17-5-3-9-24-20(17)26-10-7-15(8-11-26)14-25-21(27)18-12-16-4-1-2-6-19(16)29-22(18)28/h1-6,9,12,15H,7-8,10-11,14H2,(H,25,27). The Kier molecular flexibility index (Phi) is 5.25. The molecule has 1 fully saturated rings. The second-order valence-electron chi connectivity index (χ2n) is 7.11. The van der Waals surface area contributed by atoms with E-state index in [9.17, 15) is 14.9 Å². The molecular weight excluding hydrogens is 368 g/mol. The third-order valence-electron chi connectivity index (χ3n) is 5.26. The van der Waals surface area contributed by atoms with Gasteiger partial charge in [-0.2, -0.15) is 5.26 Å².